The van der Waals surface area contributed by atoms with Crippen LogP contribution < -0.4 is 5.30 Å². The van der Waals surface area contributed by atoms with Crippen LogP contribution in [0.1, 0.15) is 5.69 Å². The fraction of sp³-hybridized carbons (Fsp3) is 0.111. The number of hydrogen-bond donors (Lipinski definition) is 0. The SMILES string of the molecule is Cc1c(P)c2ccccc2n1P. The first-order valence-electron chi connectivity index (χ1n) is 3.82. The molecule has 0 fully saturated rings. The standard InChI is InChI=1S/C9H11NP2/c1-6-9(11)7-4-2-3-5-8(7)10(6)12/h2-5H,11-12H2,1H3. The number of para-hydroxylation sites is 1. The molecule has 0 bridgehead atoms. The highest BCUT2D eigenvalue weighted by molar-refractivity contribution is 7.28. The van der Waals surface area contributed by atoms with Crippen LogP contribution in [0.2, 0.25) is 0 Å². The fourth-order valence-electron chi connectivity index (χ4n) is 1.42. The summed E-state index contributed by atoms with van der Waals surface area (Å²) in [4.78, 5) is 0. The zero-order valence-corrected chi connectivity index (χ0v) is 9.22. The minimum absolute atomic E-state index is 1.27. The van der Waals surface area contributed by atoms with Gasteiger partial charge in [-0.25, -0.2) is 0 Å². The van der Waals surface area contributed by atoms with Gasteiger partial charge >= 0.3 is 0 Å². The van der Waals surface area contributed by atoms with Crippen LogP contribution in [0, 0.1) is 6.92 Å². The Kier molecular flexibility index (Phi) is 1.94. The van der Waals surface area contributed by atoms with Crippen molar-refractivity contribution in [3.63, 3.8) is 0 Å². The molecule has 2 rings (SSSR count). The number of rotatable bonds is 0. The van der Waals surface area contributed by atoms with Crippen LogP contribution >= 0.6 is 18.6 Å². The Bertz CT molecular complexity index is 392. The van der Waals surface area contributed by atoms with E-state index in [-0.39, 0.29) is 0 Å². The summed E-state index contributed by atoms with van der Waals surface area (Å²) in [5.41, 5.74) is 2.55. The molecule has 62 valence electrons. The Hall–Kier alpha value is -0.380. The maximum Gasteiger partial charge on any atom is 0.0518 e. The highest BCUT2D eigenvalue weighted by atomic mass is 31.0. The van der Waals surface area contributed by atoms with Gasteiger partial charge in [0.25, 0.3) is 0 Å². The van der Waals surface area contributed by atoms with Crippen molar-refractivity contribution in [2.45, 2.75) is 6.92 Å². The summed E-state index contributed by atoms with van der Waals surface area (Å²) < 4.78 is 2.14. The fourth-order valence-corrected chi connectivity index (χ4v) is 2.31. The van der Waals surface area contributed by atoms with E-state index in [0.29, 0.717) is 0 Å². The Morgan fingerprint density at radius 2 is 1.92 bits per heavy atom. The molecule has 0 aliphatic carbocycles. The van der Waals surface area contributed by atoms with Gasteiger partial charge in [-0.1, -0.05) is 18.2 Å². The average Bonchev–Trinajstić information content (AvgIpc) is 2.33. The van der Waals surface area contributed by atoms with Crippen LogP contribution in [-0.2, 0) is 0 Å². The molecule has 1 heterocycles. The lowest BCUT2D eigenvalue weighted by atomic mass is 10.2. The van der Waals surface area contributed by atoms with Gasteiger partial charge in [-0.2, -0.15) is 0 Å². The van der Waals surface area contributed by atoms with Crippen molar-refractivity contribution in [1.82, 2.24) is 4.34 Å². The molecular weight excluding hydrogens is 184 g/mol. The van der Waals surface area contributed by atoms with E-state index in [0.717, 1.165) is 0 Å². The van der Waals surface area contributed by atoms with E-state index in [9.17, 15) is 0 Å². The molecule has 0 saturated carbocycles. The van der Waals surface area contributed by atoms with Crippen molar-refractivity contribution in [2.75, 3.05) is 0 Å². The molecule has 1 nitrogen and oxygen atoms in total. The van der Waals surface area contributed by atoms with Crippen LogP contribution in [0.3, 0.4) is 0 Å². The highest BCUT2D eigenvalue weighted by Gasteiger charge is 2.05. The molecule has 0 spiro atoms. The number of aromatic nitrogens is 1. The van der Waals surface area contributed by atoms with Crippen molar-refractivity contribution in [3.8, 4) is 0 Å². The maximum atomic E-state index is 2.79. The van der Waals surface area contributed by atoms with E-state index in [2.05, 4.69) is 54.2 Å². The quantitative estimate of drug-likeness (QED) is 0.567. The van der Waals surface area contributed by atoms with Crippen molar-refractivity contribution >= 4 is 34.8 Å². The topological polar surface area (TPSA) is 4.93 Å². The molecule has 0 N–H and O–H groups in total. The zero-order chi connectivity index (χ0) is 8.72. The summed E-state index contributed by atoms with van der Waals surface area (Å²) in [6, 6.07) is 8.40. The van der Waals surface area contributed by atoms with Gasteiger partial charge in [0.1, 0.15) is 0 Å². The van der Waals surface area contributed by atoms with E-state index in [1.807, 2.05) is 0 Å². The summed E-state index contributed by atoms with van der Waals surface area (Å²) in [6.45, 7) is 2.12. The van der Waals surface area contributed by atoms with Crippen molar-refractivity contribution in [1.29, 1.82) is 0 Å². The number of fused-ring (bicyclic) bond motifs is 1. The average molecular weight is 195 g/mol. The first-order valence-corrected chi connectivity index (χ1v) is 4.92. The third kappa shape index (κ3) is 1.01. The largest absolute Gasteiger partial charge is 0.329 e. The smallest absolute Gasteiger partial charge is 0.0518 e. The van der Waals surface area contributed by atoms with Crippen LogP contribution in [-0.4, -0.2) is 4.34 Å². The van der Waals surface area contributed by atoms with Crippen molar-refractivity contribution in [2.24, 2.45) is 0 Å². The highest BCUT2D eigenvalue weighted by Crippen LogP contribution is 2.21. The van der Waals surface area contributed by atoms with Gasteiger partial charge in [0.15, 0.2) is 0 Å². The molecule has 1 aromatic heterocycles. The van der Waals surface area contributed by atoms with Crippen molar-refractivity contribution < 1.29 is 0 Å². The second-order valence-electron chi connectivity index (χ2n) is 2.89. The first kappa shape index (κ1) is 8.23. The molecule has 0 aliphatic rings. The Morgan fingerprint density at radius 1 is 1.25 bits per heavy atom. The maximum absolute atomic E-state index is 2.79. The molecule has 2 atom stereocenters. The minimum atomic E-state index is 1.27. The summed E-state index contributed by atoms with van der Waals surface area (Å²) in [7, 11) is 5.51. The number of benzene rings is 1. The summed E-state index contributed by atoms with van der Waals surface area (Å²) in [5.74, 6) is 0. The predicted molar refractivity (Wildman–Crippen MR) is 61.1 cm³/mol. The van der Waals surface area contributed by atoms with Gasteiger partial charge < -0.3 is 4.34 Å². The molecule has 1 aromatic carbocycles. The van der Waals surface area contributed by atoms with Crippen LogP contribution in [0.5, 0.6) is 0 Å². The minimum Gasteiger partial charge on any atom is -0.329 e. The second-order valence-corrected chi connectivity index (χ2v) is 3.98. The molecule has 2 aromatic rings. The van der Waals surface area contributed by atoms with Crippen LogP contribution in [0.25, 0.3) is 10.9 Å². The van der Waals surface area contributed by atoms with E-state index in [1.54, 1.807) is 0 Å². The van der Waals surface area contributed by atoms with Gasteiger partial charge in [0.2, 0.25) is 0 Å². The zero-order valence-electron chi connectivity index (χ0n) is 6.91. The van der Waals surface area contributed by atoms with Gasteiger partial charge in [-0.05, 0) is 27.7 Å². The molecule has 12 heavy (non-hydrogen) atoms. The normalized spacial score (nSPS) is 10.9. The Balaban J connectivity index is 2.99. The summed E-state index contributed by atoms with van der Waals surface area (Å²) in [6.07, 6.45) is 0. The lowest BCUT2D eigenvalue weighted by Crippen LogP contribution is -1.92. The molecular formula is C9H11NP2. The molecule has 0 saturated heterocycles. The van der Waals surface area contributed by atoms with Crippen LogP contribution in [0.4, 0.5) is 0 Å². The lowest BCUT2D eigenvalue weighted by Gasteiger charge is -1.96. The van der Waals surface area contributed by atoms with Gasteiger partial charge in [0.05, 0.1) is 5.52 Å². The number of hydrogen-bond acceptors (Lipinski definition) is 0. The monoisotopic (exact) mass is 195 g/mol. The van der Waals surface area contributed by atoms with E-state index < -0.39 is 0 Å². The Morgan fingerprint density at radius 3 is 2.58 bits per heavy atom. The first-order chi connectivity index (χ1) is 5.72. The Labute approximate surface area is 76.6 Å². The summed E-state index contributed by atoms with van der Waals surface area (Å²) >= 11 is 0. The summed E-state index contributed by atoms with van der Waals surface area (Å²) in [5, 5.41) is 2.61. The third-order valence-electron chi connectivity index (χ3n) is 2.20. The lowest BCUT2D eigenvalue weighted by molar-refractivity contribution is 1.23. The van der Waals surface area contributed by atoms with Crippen molar-refractivity contribution in [3.05, 3.63) is 30.0 Å². The second kappa shape index (κ2) is 2.83. The molecule has 0 radical (unpaired) electrons. The molecule has 0 aliphatic heterocycles. The van der Waals surface area contributed by atoms with Crippen LogP contribution in [0.15, 0.2) is 24.3 Å². The predicted octanol–water partition coefficient (Wildman–Crippen LogP) is 2.09. The molecule has 3 heteroatoms. The number of nitrogens with zero attached hydrogens (tertiary/aromatic N) is 1. The molecule has 2 unspecified atom stereocenters. The van der Waals surface area contributed by atoms with Gasteiger partial charge in [-0.3, -0.25) is 0 Å². The van der Waals surface area contributed by atoms with Gasteiger partial charge in [0, 0.05) is 11.1 Å². The molecule has 0 amide bonds. The van der Waals surface area contributed by atoms with E-state index in [1.165, 1.54) is 21.9 Å². The van der Waals surface area contributed by atoms with E-state index in [4.69, 9.17) is 0 Å². The third-order valence-corrected chi connectivity index (χ3v) is 3.60. The van der Waals surface area contributed by atoms with Gasteiger partial charge in [-0.15, -0.1) is 9.24 Å². The van der Waals surface area contributed by atoms with E-state index >= 15 is 0 Å².